The lowest BCUT2D eigenvalue weighted by Crippen LogP contribution is -2.21. The van der Waals surface area contributed by atoms with E-state index in [1.165, 1.54) is 10.1 Å². The van der Waals surface area contributed by atoms with Gasteiger partial charge in [0.15, 0.2) is 0 Å². The van der Waals surface area contributed by atoms with Gasteiger partial charge in [0.1, 0.15) is 11.5 Å². The van der Waals surface area contributed by atoms with Gasteiger partial charge in [-0.05, 0) is 30.5 Å². The van der Waals surface area contributed by atoms with Crippen molar-refractivity contribution >= 4 is 39.2 Å². The zero-order valence-corrected chi connectivity index (χ0v) is 10.0. The predicted molar refractivity (Wildman–Crippen MR) is 71.1 cm³/mol. The number of nitrogens with zero attached hydrogens (tertiary/aromatic N) is 1. The van der Waals surface area contributed by atoms with Gasteiger partial charge in [0.2, 0.25) is 0 Å². The van der Waals surface area contributed by atoms with Gasteiger partial charge in [0.25, 0.3) is 5.91 Å². The molecule has 0 radical (unpaired) electrons. The summed E-state index contributed by atoms with van der Waals surface area (Å²) < 4.78 is 1.22. The van der Waals surface area contributed by atoms with Crippen molar-refractivity contribution in [3.8, 4) is 0 Å². The Morgan fingerprint density at radius 2 is 2.18 bits per heavy atom. The van der Waals surface area contributed by atoms with Crippen LogP contribution in [0.3, 0.4) is 0 Å². The Morgan fingerprint density at radius 1 is 1.35 bits per heavy atom. The van der Waals surface area contributed by atoms with E-state index in [4.69, 9.17) is 0 Å². The van der Waals surface area contributed by atoms with Crippen LogP contribution in [0.5, 0.6) is 0 Å². The number of carbonyl (C=O) groups excluding carboxylic acids is 1. The summed E-state index contributed by atoms with van der Waals surface area (Å²) in [4.78, 5) is 16.7. The lowest BCUT2D eigenvalue weighted by Gasteiger charge is -1.89. The van der Waals surface area contributed by atoms with Gasteiger partial charge in [0, 0.05) is 9.58 Å². The first-order chi connectivity index (χ1) is 8.22. The van der Waals surface area contributed by atoms with Crippen molar-refractivity contribution in [2.75, 3.05) is 0 Å². The highest BCUT2D eigenvalue weighted by atomic mass is 32.1. The van der Waals surface area contributed by atoms with E-state index in [2.05, 4.69) is 28.5 Å². The van der Waals surface area contributed by atoms with E-state index in [-0.39, 0.29) is 5.91 Å². The Morgan fingerprint density at radius 3 is 2.88 bits per heavy atom. The molecule has 17 heavy (non-hydrogen) atoms. The average Bonchev–Trinajstić information content (AvgIpc) is 2.82. The summed E-state index contributed by atoms with van der Waals surface area (Å²) in [6.07, 6.45) is 1.83. The number of amidine groups is 1. The smallest absolute Gasteiger partial charge is 0.275 e. The third-order valence-electron chi connectivity index (χ3n) is 2.54. The third-order valence-corrected chi connectivity index (χ3v) is 3.60. The summed E-state index contributed by atoms with van der Waals surface area (Å²) in [6, 6.07) is 10.2. The molecule has 4 heteroatoms. The minimum absolute atomic E-state index is 0.125. The van der Waals surface area contributed by atoms with Crippen molar-refractivity contribution in [3.63, 3.8) is 0 Å². The maximum Gasteiger partial charge on any atom is 0.275 e. The Bertz CT molecular complexity index is 634. The summed E-state index contributed by atoms with van der Waals surface area (Å²) in [5.41, 5.74) is 0.481. The molecular formula is C13H10N2OS. The Balaban J connectivity index is 2.05. The van der Waals surface area contributed by atoms with E-state index >= 15 is 0 Å². The molecule has 1 aliphatic heterocycles. The van der Waals surface area contributed by atoms with Crippen LogP contribution >= 0.6 is 11.3 Å². The van der Waals surface area contributed by atoms with E-state index in [1.807, 2.05) is 18.2 Å². The molecule has 1 amide bonds. The topological polar surface area (TPSA) is 41.5 Å². The average molecular weight is 242 g/mol. The van der Waals surface area contributed by atoms with Gasteiger partial charge in [0.05, 0.1) is 0 Å². The summed E-state index contributed by atoms with van der Waals surface area (Å²) in [7, 11) is 0. The number of hydrogen-bond acceptors (Lipinski definition) is 3. The number of nitrogens with one attached hydrogen (secondary N) is 1. The number of carbonyl (C=O) groups is 1. The number of thiophene rings is 1. The second-order valence-corrected chi connectivity index (χ2v) is 4.98. The molecule has 3 nitrogen and oxygen atoms in total. The highest BCUT2D eigenvalue weighted by molar-refractivity contribution is 7.19. The van der Waals surface area contributed by atoms with Crippen LogP contribution in [-0.2, 0) is 4.79 Å². The van der Waals surface area contributed by atoms with Gasteiger partial charge in [-0.3, -0.25) is 4.79 Å². The van der Waals surface area contributed by atoms with Crippen LogP contribution in [0.2, 0.25) is 0 Å². The van der Waals surface area contributed by atoms with Crippen molar-refractivity contribution in [1.82, 2.24) is 5.32 Å². The summed E-state index contributed by atoms with van der Waals surface area (Å²) >= 11 is 1.66. The number of hydrogen-bond donors (Lipinski definition) is 1. The maximum atomic E-state index is 11.5. The van der Waals surface area contributed by atoms with Crippen LogP contribution in [0.4, 0.5) is 0 Å². The second kappa shape index (κ2) is 3.82. The second-order valence-electron chi connectivity index (χ2n) is 3.87. The van der Waals surface area contributed by atoms with Crippen LogP contribution < -0.4 is 5.32 Å². The summed E-state index contributed by atoms with van der Waals surface area (Å²) in [6.45, 7) is 1.78. The first kappa shape index (κ1) is 10.2. The molecule has 0 aliphatic carbocycles. The van der Waals surface area contributed by atoms with Crippen molar-refractivity contribution in [3.05, 3.63) is 40.9 Å². The maximum absolute atomic E-state index is 11.5. The Labute approximate surface area is 102 Å². The van der Waals surface area contributed by atoms with E-state index in [1.54, 1.807) is 18.3 Å². The van der Waals surface area contributed by atoms with Gasteiger partial charge in [-0.2, -0.15) is 0 Å². The quantitative estimate of drug-likeness (QED) is 0.768. The molecule has 84 valence electrons. The van der Waals surface area contributed by atoms with E-state index in [9.17, 15) is 4.79 Å². The molecule has 0 atom stereocenters. The molecule has 2 heterocycles. The normalized spacial score (nSPS) is 17.6. The van der Waals surface area contributed by atoms with E-state index < -0.39 is 0 Å². The molecule has 0 fully saturated rings. The Hall–Kier alpha value is -1.94. The predicted octanol–water partition coefficient (Wildman–Crippen LogP) is 2.79. The van der Waals surface area contributed by atoms with Gasteiger partial charge in [-0.15, -0.1) is 11.3 Å². The molecule has 1 aliphatic rings. The third kappa shape index (κ3) is 1.87. The SMILES string of the molecule is CC1=N/C(=C\c2cc3ccccc3s2)C(=O)N1. The van der Waals surface area contributed by atoms with Crippen molar-refractivity contribution < 1.29 is 4.79 Å². The van der Waals surface area contributed by atoms with Crippen molar-refractivity contribution in [1.29, 1.82) is 0 Å². The molecule has 3 rings (SSSR count). The number of benzene rings is 1. The molecule has 2 aromatic rings. The fourth-order valence-corrected chi connectivity index (χ4v) is 2.80. The number of aliphatic imine (C=N–C) groups is 1. The molecule has 0 bridgehead atoms. The monoisotopic (exact) mass is 242 g/mol. The molecule has 0 saturated heterocycles. The largest absolute Gasteiger partial charge is 0.309 e. The van der Waals surface area contributed by atoms with Gasteiger partial charge in [-0.1, -0.05) is 18.2 Å². The highest BCUT2D eigenvalue weighted by Gasteiger charge is 2.16. The van der Waals surface area contributed by atoms with Crippen LogP contribution in [0.1, 0.15) is 11.8 Å². The van der Waals surface area contributed by atoms with Crippen molar-refractivity contribution in [2.45, 2.75) is 6.92 Å². The highest BCUT2D eigenvalue weighted by Crippen LogP contribution is 2.27. The van der Waals surface area contributed by atoms with Gasteiger partial charge < -0.3 is 5.32 Å². The molecule has 0 saturated carbocycles. The first-order valence-corrected chi connectivity index (χ1v) is 6.11. The molecule has 1 aromatic heterocycles. The number of amides is 1. The molecule has 1 N–H and O–H groups in total. The zero-order chi connectivity index (χ0) is 11.8. The molecule has 0 unspecified atom stereocenters. The van der Waals surface area contributed by atoms with Crippen molar-refractivity contribution in [2.24, 2.45) is 4.99 Å². The minimum atomic E-state index is -0.125. The minimum Gasteiger partial charge on any atom is -0.309 e. The van der Waals surface area contributed by atoms with Crippen LogP contribution in [0, 0.1) is 0 Å². The fraction of sp³-hybridized carbons (Fsp3) is 0.0769. The lowest BCUT2D eigenvalue weighted by atomic mass is 10.2. The fourth-order valence-electron chi connectivity index (χ4n) is 1.79. The lowest BCUT2D eigenvalue weighted by molar-refractivity contribution is -0.115. The zero-order valence-electron chi connectivity index (χ0n) is 9.23. The van der Waals surface area contributed by atoms with E-state index in [0.29, 0.717) is 11.5 Å². The van der Waals surface area contributed by atoms with E-state index in [0.717, 1.165) is 4.88 Å². The standard InChI is InChI=1S/C13H10N2OS/c1-8-14-11(13(16)15-8)7-10-6-9-4-2-3-5-12(9)17-10/h2-7H,1H3,(H,14,15,16)/b11-7-. The summed E-state index contributed by atoms with van der Waals surface area (Å²) in [5, 5.41) is 3.87. The summed E-state index contributed by atoms with van der Waals surface area (Å²) in [5.74, 6) is 0.530. The van der Waals surface area contributed by atoms with Crippen LogP contribution in [-0.4, -0.2) is 11.7 Å². The number of fused-ring (bicyclic) bond motifs is 1. The van der Waals surface area contributed by atoms with Gasteiger partial charge >= 0.3 is 0 Å². The van der Waals surface area contributed by atoms with Crippen LogP contribution in [0.25, 0.3) is 16.2 Å². The van der Waals surface area contributed by atoms with Crippen LogP contribution in [0.15, 0.2) is 41.0 Å². The Kier molecular flexibility index (Phi) is 2.30. The number of rotatable bonds is 1. The molecule has 1 aromatic carbocycles. The first-order valence-electron chi connectivity index (χ1n) is 5.29. The molecule has 0 spiro atoms. The van der Waals surface area contributed by atoms with Gasteiger partial charge in [-0.25, -0.2) is 4.99 Å². The molecular weight excluding hydrogens is 232 g/mol.